The van der Waals surface area contributed by atoms with Gasteiger partial charge >= 0.3 is 6.09 Å². The second-order valence-corrected chi connectivity index (χ2v) is 5.50. The third kappa shape index (κ3) is 8.47. The maximum atomic E-state index is 13.4. The van der Waals surface area contributed by atoms with Gasteiger partial charge in [0.15, 0.2) is 0 Å². The summed E-state index contributed by atoms with van der Waals surface area (Å²) in [7, 11) is 0. The summed E-state index contributed by atoms with van der Waals surface area (Å²) >= 11 is 0. The number of alkyl halides is 1. The van der Waals surface area contributed by atoms with Crippen molar-refractivity contribution < 1.29 is 13.9 Å². The molecule has 0 aromatic carbocycles. The average Bonchev–Trinajstić information content (AvgIpc) is 1.96. The molecular formula is C11H23FN2O2. The van der Waals surface area contributed by atoms with E-state index >= 15 is 0 Å². The number of halogens is 1. The number of hydrogen-bond acceptors (Lipinski definition) is 3. The smallest absolute Gasteiger partial charge is 0.407 e. The normalized spacial score (nSPS) is 14.4. The van der Waals surface area contributed by atoms with Crippen LogP contribution in [0.3, 0.4) is 0 Å². The second kappa shape index (κ2) is 5.48. The lowest BCUT2D eigenvalue weighted by Gasteiger charge is -2.25. The summed E-state index contributed by atoms with van der Waals surface area (Å²) in [5, 5.41) is 2.55. The number of nitrogens with one attached hydrogen (secondary N) is 1. The number of carbonyl (C=O) groups excluding carboxylic acids is 1. The number of ether oxygens (including phenoxy) is 1. The molecule has 0 spiro atoms. The standard InChI is InChI=1S/C11H23FN2O2/c1-10(2,3)16-9(15)14-8(7-13)6-11(4,5)12/h8H,6-7,13H2,1-5H3,(H,14,15). The van der Waals surface area contributed by atoms with Gasteiger partial charge < -0.3 is 15.8 Å². The lowest BCUT2D eigenvalue weighted by Crippen LogP contribution is -2.45. The minimum Gasteiger partial charge on any atom is -0.444 e. The highest BCUT2D eigenvalue weighted by Crippen LogP contribution is 2.16. The Morgan fingerprint density at radius 2 is 1.88 bits per heavy atom. The maximum absolute atomic E-state index is 13.4. The van der Waals surface area contributed by atoms with E-state index in [1.807, 2.05) is 0 Å². The summed E-state index contributed by atoms with van der Waals surface area (Å²) in [6, 6.07) is -0.408. The van der Waals surface area contributed by atoms with Crippen LogP contribution in [0.1, 0.15) is 41.0 Å². The molecule has 1 atom stereocenters. The fourth-order valence-electron chi connectivity index (χ4n) is 1.25. The number of nitrogens with two attached hydrogens (primary N) is 1. The third-order valence-electron chi connectivity index (χ3n) is 1.74. The molecule has 96 valence electrons. The van der Waals surface area contributed by atoms with Crippen molar-refractivity contribution in [2.75, 3.05) is 6.54 Å². The molecule has 0 rings (SSSR count). The first kappa shape index (κ1) is 15.2. The van der Waals surface area contributed by atoms with Gasteiger partial charge in [0, 0.05) is 19.0 Å². The monoisotopic (exact) mass is 234 g/mol. The quantitative estimate of drug-likeness (QED) is 0.781. The molecule has 0 aliphatic rings. The Morgan fingerprint density at radius 1 is 1.38 bits per heavy atom. The summed E-state index contributed by atoms with van der Waals surface area (Å²) in [6.45, 7) is 8.39. The molecule has 16 heavy (non-hydrogen) atoms. The first-order valence-corrected chi connectivity index (χ1v) is 5.42. The molecule has 5 heteroatoms. The van der Waals surface area contributed by atoms with Crippen molar-refractivity contribution in [1.82, 2.24) is 5.32 Å². The van der Waals surface area contributed by atoms with Crippen LogP contribution in [0.25, 0.3) is 0 Å². The SMILES string of the molecule is CC(C)(F)CC(CN)NC(=O)OC(C)(C)C. The minimum absolute atomic E-state index is 0.169. The molecule has 0 aliphatic carbocycles. The lowest BCUT2D eigenvalue weighted by molar-refractivity contribution is 0.0487. The van der Waals surface area contributed by atoms with Crippen LogP contribution in [0.2, 0.25) is 0 Å². The Balaban J connectivity index is 4.18. The van der Waals surface area contributed by atoms with Crippen molar-refractivity contribution in [3.63, 3.8) is 0 Å². The fourth-order valence-corrected chi connectivity index (χ4v) is 1.25. The molecule has 0 radical (unpaired) electrons. The molecule has 1 amide bonds. The van der Waals surface area contributed by atoms with Gasteiger partial charge in [0.25, 0.3) is 0 Å². The summed E-state index contributed by atoms with van der Waals surface area (Å²) in [6.07, 6.45) is -0.393. The molecule has 0 saturated carbocycles. The Hall–Kier alpha value is -0.840. The number of alkyl carbamates (subject to hydrolysis) is 1. The fraction of sp³-hybridized carbons (Fsp3) is 0.909. The van der Waals surface area contributed by atoms with E-state index in [1.54, 1.807) is 20.8 Å². The number of hydrogen-bond donors (Lipinski definition) is 2. The van der Waals surface area contributed by atoms with E-state index in [1.165, 1.54) is 13.8 Å². The van der Waals surface area contributed by atoms with Gasteiger partial charge in [-0.2, -0.15) is 0 Å². The van der Waals surface area contributed by atoms with Gasteiger partial charge in [0.2, 0.25) is 0 Å². The van der Waals surface area contributed by atoms with Crippen LogP contribution in [-0.4, -0.2) is 29.9 Å². The molecule has 1 unspecified atom stereocenters. The number of amides is 1. The van der Waals surface area contributed by atoms with E-state index in [0.717, 1.165) is 0 Å². The molecule has 0 fully saturated rings. The Bertz CT molecular complexity index is 231. The molecule has 4 nitrogen and oxygen atoms in total. The maximum Gasteiger partial charge on any atom is 0.407 e. The zero-order valence-corrected chi connectivity index (χ0v) is 10.8. The van der Waals surface area contributed by atoms with E-state index < -0.39 is 23.4 Å². The van der Waals surface area contributed by atoms with Gasteiger partial charge in [-0.05, 0) is 34.6 Å². The summed E-state index contributed by atoms with van der Waals surface area (Å²) < 4.78 is 18.4. The van der Waals surface area contributed by atoms with Gasteiger partial charge in [-0.25, -0.2) is 9.18 Å². The van der Waals surface area contributed by atoms with Crippen molar-refractivity contribution in [1.29, 1.82) is 0 Å². The van der Waals surface area contributed by atoms with Gasteiger partial charge in [-0.1, -0.05) is 0 Å². The van der Waals surface area contributed by atoms with E-state index in [2.05, 4.69) is 5.32 Å². The van der Waals surface area contributed by atoms with E-state index in [-0.39, 0.29) is 13.0 Å². The summed E-state index contributed by atoms with van der Waals surface area (Å²) in [5.41, 5.74) is 3.53. The Labute approximate surface area is 96.7 Å². The zero-order chi connectivity index (χ0) is 13.0. The van der Waals surface area contributed by atoms with Crippen LogP contribution in [0.4, 0.5) is 9.18 Å². The molecule has 0 aromatic heterocycles. The number of carbonyl (C=O) groups is 1. The highest BCUT2D eigenvalue weighted by atomic mass is 19.1. The predicted octanol–water partition coefficient (Wildman–Crippen LogP) is 1.98. The first-order chi connectivity index (χ1) is 7.03. The molecular weight excluding hydrogens is 211 g/mol. The predicted molar refractivity (Wildman–Crippen MR) is 62.0 cm³/mol. The molecule has 3 N–H and O–H groups in total. The van der Waals surface area contributed by atoms with Crippen LogP contribution in [0, 0.1) is 0 Å². The molecule has 0 saturated heterocycles. The highest BCUT2D eigenvalue weighted by Gasteiger charge is 2.24. The van der Waals surface area contributed by atoms with Crippen LogP contribution in [0.5, 0.6) is 0 Å². The second-order valence-electron chi connectivity index (χ2n) is 5.50. The van der Waals surface area contributed by atoms with Gasteiger partial charge in [0.1, 0.15) is 11.3 Å². The van der Waals surface area contributed by atoms with Crippen LogP contribution in [0.15, 0.2) is 0 Å². The minimum atomic E-state index is -1.36. The molecule has 0 heterocycles. The topological polar surface area (TPSA) is 64.3 Å². The number of rotatable bonds is 4. The Morgan fingerprint density at radius 3 is 2.19 bits per heavy atom. The van der Waals surface area contributed by atoms with Crippen molar-refractivity contribution >= 4 is 6.09 Å². The van der Waals surface area contributed by atoms with Crippen molar-refractivity contribution in [2.24, 2.45) is 5.73 Å². The van der Waals surface area contributed by atoms with Gasteiger partial charge in [0.05, 0.1) is 0 Å². The van der Waals surface area contributed by atoms with Gasteiger partial charge in [-0.15, -0.1) is 0 Å². The van der Waals surface area contributed by atoms with E-state index in [0.29, 0.717) is 0 Å². The molecule has 0 aliphatic heterocycles. The largest absolute Gasteiger partial charge is 0.444 e. The molecule has 0 bridgehead atoms. The van der Waals surface area contributed by atoms with Crippen LogP contribution >= 0.6 is 0 Å². The average molecular weight is 234 g/mol. The van der Waals surface area contributed by atoms with Crippen LogP contribution < -0.4 is 11.1 Å². The first-order valence-electron chi connectivity index (χ1n) is 5.42. The van der Waals surface area contributed by atoms with Gasteiger partial charge in [-0.3, -0.25) is 0 Å². The zero-order valence-electron chi connectivity index (χ0n) is 10.8. The van der Waals surface area contributed by atoms with Crippen molar-refractivity contribution in [2.45, 2.75) is 58.4 Å². The summed E-state index contributed by atoms with van der Waals surface area (Å²) in [4.78, 5) is 11.4. The van der Waals surface area contributed by atoms with E-state index in [4.69, 9.17) is 10.5 Å². The molecule has 0 aromatic rings. The van der Waals surface area contributed by atoms with Crippen molar-refractivity contribution in [3.05, 3.63) is 0 Å². The lowest BCUT2D eigenvalue weighted by atomic mass is 10.0. The van der Waals surface area contributed by atoms with Crippen LogP contribution in [-0.2, 0) is 4.74 Å². The summed E-state index contributed by atoms with van der Waals surface area (Å²) in [5.74, 6) is 0. The van der Waals surface area contributed by atoms with E-state index in [9.17, 15) is 9.18 Å². The highest BCUT2D eigenvalue weighted by molar-refractivity contribution is 5.68. The third-order valence-corrected chi connectivity index (χ3v) is 1.74. The Kier molecular flexibility index (Phi) is 5.19. The van der Waals surface area contributed by atoms with Crippen molar-refractivity contribution in [3.8, 4) is 0 Å².